The van der Waals surface area contributed by atoms with Crippen LogP contribution in [0.15, 0.2) is 36.5 Å². The molecule has 0 aromatic carbocycles. The SMILES string of the molecule is CCCCCCCC/C=C/CCCCCCCCCCCCCC(=O)NC(COP(=O)([O-])OCC[N+](C)(C)C)C(/C=C/CCCCCCCCCCCCC)OC(=O)CCCCCCCCCCC/C=C/CCCCCCCC. The molecule has 0 saturated heterocycles. The fraction of sp³-hybridized carbons (Fsp3) is 0.884. The van der Waals surface area contributed by atoms with E-state index in [-0.39, 0.29) is 31.5 Å². The summed E-state index contributed by atoms with van der Waals surface area (Å²) in [5.74, 6) is -0.528. The summed E-state index contributed by atoms with van der Waals surface area (Å²) in [6.45, 7) is 6.89. The van der Waals surface area contributed by atoms with Gasteiger partial charge in [-0.25, -0.2) is 0 Å². The minimum Gasteiger partial charge on any atom is -0.756 e. The Labute approximate surface area is 491 Å². The third kappa shape index (κ3) is 60.6. The fourth-order valence-electron chi connectivity index (χ4n) is 10.2. The molecule has 1 amide bonds. The normalized spacial score (nSPS) is 13.8. The summed E-state index contributed by atoms with van der Waals surface area (Å²) in [5, 5.41) is 3.05. The maximum Gasteiger partial charge on any atom is 0.306 e. The summed E-state index contributed by atoms with van der Waals surface area (Å²) in [4.78, 5) is 40.1. The van der Waals surface area contributed by atoms with Gasteiger partial charge in [-0.05, 0) is 83.1 Å². The minimum absolute atomic E-state index is 0.0205. The maximum atomic E-state index is 13.6. The van der Waals surface area contributed by atoms with E-state index in [2.05, 4.69) is 50.4 Å². The van der Waals surface area contributed by atoms with Crippen molar-refractivity contribution in [1.29, 1.82) is 0 Å². The van der Waals surface area contributed by atoms with Gasteiger partial charge in [-0.15, -0.1) is 0 Å². The van der Waals surface area contributed by atoms with Crippen LogP contribution in [-0.2, 0) is 27.9 Å². The molecule has 0 radical (unpaired) electrons. The van der Waals surface area contributed by atoms with Crippen LogP contribution >= 0.6 is 7.82 Å². The number of carbonyl (C=O) groups is 2. The molecular weight excluding hydrogens is 1000 g/mol. The third-order valence-electron chi connectivity index (χ3n) is 15.5. The lowest BCUT2D eigenvalue weighted by Gasteiger charge is -2.30. The number of phosphoric ester groups is 1. The van der Waals surface area contributed by atoms with E-state index in [1.54, 1.807) is 0 Å². The summed E-state index contributed by atoms with van der Waals surface area (Å²) in [6.07, 6.45) is 72.5. The fourth-order valence-corrected chi connectivity index (χ4v) is 10.9. The van der Waals surface area contributed by atoms with Crippen molar-refractivity contribution in [2.45, 2.75) is 354 Å². The van der Waals surface area contributed by atoms with Crippen molar-refractivity contribution in [3.05, 3.63) is 36.5 Å². The highest BCUT2D eigenvalue weighted by Gasteiger charge is 2.27. The molecule has 0 aliphatic rings. The smallest absolute Gasteiger partial charge is 0.306 e. The monoisotopic (exact) mass is 1130 g/mol. The van der Waals surface area contributed by atoms with E-state index in [9.17, 15) is 19.0 Å². The lowest BCUT2D eigenvalue weighted by molar-refractivity contribution is -0.870. The molecule has 0 spiro atoms. The maximum absolute atomic E-state index is 13.6. The van der Waals surface area contributed by atoms with E-state index in [1.807, 2.05) is 33.3 Å². The quantitative estimate of drug-likeness (QED) is 0.0212. The lowest BCUT2D eigenvalue weighted by Crippen LogP contribution is -2.47. The number of allylic oxidation sites excluding steroid dienone is 5. The van der Waals surface area contributed by atoms with Crippen molar-refractivity contribution in [3.63, 3.8) is 0 Å². The van der Waals surface area contributed by atoms with Crippen LogP contribution in [0.25, 0.3) is 0 Å². The van der Waals surface area contributed by atoms with Gasteiger partial charge in [-0.1, -0.05) is 282 Å². The predicted octanol–water partition coefficient (Wildman–Crippen LogP) is 20.8. The van der Waals surface area contributed by atoms with E-state index >= 15 is 0 Å². The second kappa shape index (κ2) is 59.4. The highest BCUT2D eigenvalue weighted by atomic mass is 31.2. The number of ether oxygens (including phenoxy) is 1. The van der Waals surface area contributed by atoms with E-state index in [1.165, 1.54) is 250 Å². The third-order valence-corrected chi connectivity index (χ3v) is 16.5. The average molecular weight is 1130 g/mol. The van der Waals surface area contributed by atoms with E-state index in [0.717, 1.165) is 57.8 Å². The standard InChI is InChI=1S/C69H133N2O7P/c1-7-10-13-16-19-22-25-28-30-32-34-35-37-38-40-43-46-49-52-55-58-61-68(72)70-66(65-77-79(74,75)76-64-63-71(4,5)6)67(60-57-54-51-48-45-42-27-24-21-18-15-12-9-3)78-69(73)62-59-56-53-50-47-44-41-39-36-33-31-29-26-23-20-17-14-11-8-2/h28-31,57,60,66-67H,7-27,32-56,58-59,61-65H2,1-6H3,(H-,70,72,74,75)/b30-28+,31-29+,60-57+. The summed E-state index contributed by atoms with van der Waals surface area (Å²) in [6, 6.07) is -0.887. The van der Waals surface area contributed by atoms with Gasteiger partial charge in [-0.2, -0.15) is 0 Å². The zero-order valence-corrected chi connectivity index (χ0v) is 54.2. The molecule has 0 fully saturated rings. The number of esters is 1. The Morgan fingerprint density at radius 3 is 1.08 bits per heavy atom. The molecule has 0 aromatic heterocycles. The Morgan fingerprint density at radius 2 is 0.734 bits per heavy atom. The van der Waals surface area contributed by atoms with Crippen LogP contribution in [0.1, 0.15) is 342 Å². The van der Waals surface area contributed by atoms with Crippen LogP contribution in [0.5, 0.6) is 0 Å². The zero-order chi connectivity index (χ0) is 57.9. The Bertz CT molecular complexity index is 1450. The highest BCUT2D eigenvalue weighted by Crippen LogP contribution is 2.38. The van der Waals surface area contributed by atoms with Crippen LogP contribution in [-0.4, -0.2) is 69.4 Å². The molecule has 1 N–H and O–H groups in total. The number of carbonyl (C=O) groups excluding carboxylic acids is 2. The molecule has 0 aliphatic carbocycles. The number of unbranched alkanes of at least 4 members (excludes halogenated alkanes) is 43. The van der Waals surface area contributed by atoms with E-state index < -0.39 is 20.0 Å². The van der Waals surface area contributed by atoms with Crippen molar-refractivity contribution >= 4 is 19.7 Å². The molecule has 0 saturated carbocycles. The summed E-state index contributed by atoms with van der Waals surface area (Å²) < 4.78 is 30.4. The zero-order valence-electron chi connectivity index (χ0n) is 53.3. The number of likely N-dealkylation sites (N-methyl/N-ethyl adjacent to an activating group) is 1. The number of nitrogens with zero attached hydrogens (tertiary/aromatic N) is 1. The van der Waals surface area contributed by atoms with Gasteiger partial charge in [0.05, 0.1) is 33.8 Å². The molecule has 3 atom stereocenters. The molecule has 3 unspecified atom stereocenters. The number of phosphoric acid groups is 1. The summed E-state index contributed by atoms with van der Waals surface area (Å²) in [7, 11) is 1.20. The van der Waals surface area contributed by atoms with Gasteiger partial charge < -0.3 is 28.5 Å². The number of quaternary nitrogens is 1. The van der Waals surface area contributed by atoms with Gasteiger partial charge in [0.2, 0.25) is 5.91 Å². The first kappa shape index (κ1) is 77.2. The van der Waals surface area contributed by atoms with Gasteiger partial charge in [-0.3, -0.25) is 14.2 Å². The van der Waals surface area contributed by atoms with E-state index in [4.69, 9.17) is 13.8 Å². The van der Waals surface area contributed by atoms with Crippen molar-refractivity contribution in [2.24, 2.45) is 0 Å². The van der Waals surface area contributed by atoms with Crippen molar-refractivity contribution in [3.8, 4) is 0 Å². The number of hydrogen-bond donors (Lipinski definition) is 1. The van der Waals surface area contributed by atoms with Gasteiger partial charge in [0.25, 0.3) is 7.82 Å². The Balaban J connectivity index is 5.16. The second-order valence-corrected chi connectivity index (χ2v) is 26.1. The van der Waals surface area contributed by atoms with Crippen LogP contribution in [0, 0.1) is 0 Å². The summed E-state index contributed by atoms with van der Waals surface area (Å²) >= 11 is 0. The molecule has 79 heavy (non-hydrogen) atoms. The van der Waals surface area contributed by atoms with Gasteiger partial charge in [0.1, 0.15) is 19.3 Å². The van der Waals surface area contributed by atoms with Gasteiger partial charge in [0.15, 0.2) is 0 Å². The molecule has 0 aromatic rings. The first-order valence-corrected chi connectivity index (χ1v) is 35.8. The van der Waals surface area contributed by atoms with Crippen LogP contribution in [0.2, 0.25) is 0 Å². The summed E-state index contributed by atoms with van der Waals surface area (Å²) in [5.41, 5.74) is 0. The number of amides is 1. The van der Waals surface area contributed by atoms with Crippen LogP contribution < -0.4 is 10.2 Å². The van der Waals surface area contributed by atoms with Crippen LogP contribution in [0.4, 0.5) is 0 Å². The van der Waals surface area contributed by atoms with E-state index in [0.29, 0.717) is 17.4 Å². The predicted molar refractivity (Wildman–Crippen MR) is 340 cm³/mol. The Morgan fingerprint density at radius 1 is 0.430 bits per heavy atom. The number of rotatable bonds is 63. The topological polar surface area (TPSA) is 114 Å². The van der Waals surface area contributed by atoms with Crippen molar-refractivity contribution < 1.29 is 37.3 Å². The Kier molecular flexibility index (Phi) is 58.1. The first-order chi connectivity index (χ1) is 38.4. The highest BCUT2D eigenvalue weighted by molar-refractivity contribution is 7.45. The van der Waals surface area contributed by atoms with Crippen LogP contribution in [0.3, 0.4) is 0 Å². The molecule has 0 aliphatic heterocycles. The minimum atomic E-state index is -4.70. The molecule has 466 valence electrons. The number of hydrogen-bond acceptors (Lipinski definition) is 7. The molecule has 0 bridgehead atoms. The largest absolute Gasteiger partial charge is 0.756 e. The van der Waals surface area contributed by atoms with Crippen molar-refractivity contribution in [2.75, 3.05) is 40.9 Å². The van der Waals surface area contributed by atoms with Gasteiger partial charge >= 0.3 is 5.97 Å². The molecule has 9 nitrogen and oxygen atoms in total. The van der Waals surface area contributed by atoms with Gasteiger partial charge in [0, 0.05) is 12.8 Å². The molecule has 10 heteroatoms. The molecule has 0 rings (SSSR count). The average Bonchev–Trinajstić information content (AvgIpc) is 3.41. The molecule has 0 heterocycles. The Hall–Kier alpha value is -1.77. The number of nitrogens with one attached hydrogen (secondary N) is 1. The first-order valence-electron chi connectivity index (χ1n) is 34.3. The lowest BCUT2D eigenvalue weighted by atomic mass is 10.0. The second-order valence-electron chi connectivity index (χ2n) is 24.7. The molecular formula is C69H133N2O7P. The van der Waals surface area contributed by atoms with Crippen molar-refractivity contribution in [1.82, 2.24) is 5.32 Å².